The Bertz CT molecular complexity index is 848. The number of anilines is 1. The summed E-state index contributed by atoms with van der Waals surface area (Å²) in [4.78, 5) is 28.8. The van der Waals surface area contributed by atoms with Crippen molar-refractivity contribution in [3.8, 4) is 0 Å². The fourth-order valence-corrected chi connectivity index (χ4v) is 2.69. The molecule has 0 aromatic heterocycles. The Morgan fingerprint density at radius 3 is 2.46 bits per heavy atom. The van der Waals surface area contributed by atoms with Crippen molar-refractivity contribution in [1.29, 1.82) is 0 Å². The lowest BCUT2D eigenvalue weighted by atomic mass is 9.98. The average molecular weight is 350 g/mol. The minimum absolute atomic E-state index is 0.166. The molecular weight excluding hydrogens is 328 g/mol. The SMILES string of the molecule is CC(C)(C)OC(=O)c1ccc(NC(=O)[C@@H]2Cc3ccccc3C=N2)cc1. The van der Waals surface area contributed by atoms with E-state index in [9.17, 15) is 9.59 Å². The minimum atomic E-state index is -0.542. The van der Waals surface area contributed by atoms with Gasteiger partial charge in [-0.15, -0.1) is 0 Å². The van der Waals surface area contributed by atoms with Gasteiger partial charge in [-0.2, -0.15) is 0 Å². The summed E-state index contributed by atoms with van der Waals surface area (Å²) < 4.78 is 5.33. The van der Waals surface area contributed by atoms with E-state index in [-0.39, 0.29) is 11.9 Å². The second kappa shape index (κ2) is 7.12. The topological polar surface area (TPSA) is 67.8 Å². The van der Waals surface area contributed by atoms with Crippen LogP contribution in [0, 0.1) is 0 Å². The molecule has 3 rings (SSSR count). The predicted octanol–water partition coefficient (Wildman–Crippen LogP) is 3.62. The summed E-state index contributed by atoms with van der Waals surface area (Å²) in [5.74, 6) is -0.551. The Labute approximate surface area is 153 Å². The van der Waals surface area contributed by atoms with Crippen molar-refractivity contribution in [2.75, 3.05) is 5.32 Å². The van der Waals surface area contributed by atoms with Crippen LogP contribution in [0.1, 0.15) is 42.3 Å². The largest absolute Gasteiger partial charge is 0.456 e. The van der Waals surface area contributed by atoms with Gasteiger partial charge in [-0.1, -0.05) is 24.3 Å². The molecule has 1 aliphatic heterocycles. The summed E-state index contributed by atoms with van der Waals surface area (Å²) >= 11 is 0. The number of carbonyl (C=O) groups excluding carboxylic acids is 2. The molecule has 1 amide bonds. The lowest BCUT2D eigenvalue weighted by molar-refractivity contribution is -0.117. The molecule has 0 spiro atoms. The molecule has 1 atom stereocenters. The van der Waals surface area contributed by atoms with Gasteiger partial charge in [0.15, 0.2) is 0 Å². The van der Waals surface area contributed by atoms with Crippen LogP contribution in [-0.2, 0) is 16.0 Å². The van der Waals surface area contributed by atoms with E-state index in [0.29, 0.717) is 17.7 Å². The number of fused-ring (bicyclic) bond motifs is 1. The number of nitrogens with one attached hydrogen (secondary N) is 1. The van der Waals surface area contributed by atoms with Crippen LogP contribution in [0.5, 0.6) is 0 Å². The van der Waals surface area contributed by atoms with Gasteiger partial charge in [0, 0.05) is 18.3 Å². The number of ether oxygens (including phenoxy) is 1. The average Bonchev–Trinajstić information content (AvgIpc) is 2.60. The third-order valence-electron chi connectivity index (χ3n) is 3.95. The molecule has 0 radical (unpaired) electrons. The van der Waals surface area contributed by atoms with Crippen molar-refractivity contribution < 1.29 is 14.3 Å². The van der Waals surface area contributed by atoms with Crippen LogP contribution in [0.4, 0.5) is 5.69 Å². The quantitative estimate of drug-likeness (QED) is 0.860. The van der Waals surface area contributed by atoms with Gasteiger partial charge in [0.25, 0.3) is 0 Å². The first-order valence-electron chi connectivity index (χ1n) is 8.57. The molecule has 0 saturated carbocycles. The summed E-state index contributed by atoms with van der Waals surface area (Å²) in [6.07, 6.45) is 2.32. The van der Waals surface area contributed by atoms with Crippen LogP contribution >= 0.6 is 0 Å². The summed E-state index contributed by atoms with van der Waals surface area (Å²) in [5, 5.41) is 2.85. The van der Waals surface area contributed by atoms with Crippen LogP contribution in [0.3, 0.4) is 0 Å². The Balaban J connectivity index is 1.63. The van der Waals surface area contributed by atoms with Gasteiger partial charge in [0.1, 0.15) is 11.6 Å². The number of aliphatic imine (C=N–C) groups is 1. The molecule has 2 aromatic carbocycles. The third kappa shape index (κ3) is 4.36. The number of rotatable bonds is 3. The molecule has 1 N–H and O–H groups in total. The van der Waals surface area contributed by atoms with Gasteiger partial charge in [0.05, 0.1) is 5.56 Å². The van der Waals surface area contributed by atoms with Crippen molar-refractivity contribution >= 4 is 23.8 Å². The van der Waals surface area contributed by atoms with Crippen LogP contribution in [-0.4, -0.2) is 29.7 Å². The van der Waals surface area contributed by atoms with Gasteiger partial charge >= 0.3 is 5.97 Å². The van der Waals surface area contributed by atoms with Crippen molar-refractivity contribution in [3.05, 3.63) is 65.2 Å². The number of carbonyl (C=O) groups is 2. The molecule has 0 fully saturated rings. The number of benzene rings is 2. The first-order valence-corrected chi connectivity index (χ1v) is 8.57. The molecule has 0 aliphatic carbocycles. The molecule has 26 heavy (non-hydrogen) atoms. The summed E-state index contributed by atoms with van der Waals surface area (Å²) in [7, 11) is 0. The smallest absolute Gasteiger partial charge is 0.338 e. The van der Waals surface area contributed by atoms with Crippen molar-refractivity contribution in [3.63, 3.8) is 0 Å². The highest BCUT2D eigenvalue weighted by Crippen LogP contribution is 2.18. The highest BCUT2D eigenvalue weighted by atomic mass is 16.6. The van der Waals surface area contributed by atoms with Crippen molar-refractivity contribution in [2.45, 2.75) is 38.8 Å². The number of hydrogen-bond donors (Lipinski definition) is 1. The van der Waals surface area contributed by atoms with Gasteiger partial charge < -0.3 is 10.1 Å². The zero-order chi connectivity index (χ0) is 18.7. The normalized spacial score (nSPS) is 15.9. The monoisotopic (exact) mass is 350 g/mol. The number of amides is 1. The Hall–Kier alpha value is -2.95. The standard InChI is InChI=1S/C21H22N2O3/c1-21(2,3)26-20(25)14-8-10-17(11-9-14)23-19(24)18-12-15-6-4-5-7-16(15)13-22-18/h4-11,13,18H,12H2,1-3H3,(H,23,24)/t18-/m0/s1. The van der Waals surface area contributed by atoms with E-state index in [1.807, 2.05) is 45.0 Å². The van der Waals surface area contributed by atoms with E-state index in [1.165, 1.54) is 0 Å². The highest BCUT2D eigenvalue weighted by molar-refractivity contribution is 5.98. The summed E-state index contributed by atoms with van der Waals surface area (Å²) in [6, 6.07) is 14.1. The fraction of sp³-hybridized carbons (Fsp3) is 0.286. The van der Waals surface area contributed by atoms with E-state index in [0.717, 1.165) is 11.1 Å². The predicted molar refractivity (Wildman–Crippen MR) is 102 cm³/mol. The maximum atomic E-state index is 12.5. The number of nitrogens with zero attached hydrogens (tertiary/aromatic N) is 1. The van der Waals surface area contributed by atoms with E-state index in [1.54, 1.807) is 30.5 Å². The zero-order valence-electron chi connectivity index (χ0n) is 15.2. The molecule has 134 valence electrons. The maximum absolute atomic E-state index is 12.5. The number of hydrogen-bond acceptors (Lipinski definition) is 4. The molecular formula is C21H22N2O3. The van der Waals surface area contributed by atoms with Crippen LogP contribution in [0.25, 0.3) is 0 Å². The summed E-state index contributed by atoms with van der Waals surface area (Å²) in [6.45, 7) is 5.47. The maximum Gasteiger partial charge on any atom is 0.338 e. The fourth-order valence-electron chi connectivity index (χ4n) is 2.69. The molecule has 1 aliphatic rings. The van der Waals surface area contributed by atoms with Crippen molar-refractivity contribution in [1.82, 2.24) is 0 Å². The van der Waals surface area contributed by atoms with Gasteiger partial charge in [-0.3, -0.25) is 9.79 Å². The highest BCUT2D eigenvalue weighted by Gasteiger charge is 2.22. The second-order valence-electron chi connectivity index (χ2n) is 7.27. The van der Waals surface area contributed by atoms with Gasteiger partial charge in [-0.25, -0.2) is 4.79 Å². The van der Waals surface area contributed by atoms with Crippen LogP contribution in [0.15, 0.2) is 53.5 Å². The summed E-state index contributed by atoms with van der Waals surface area (Å²) in [5.41, 5.74) is 2.69. The Kier molecular flexibility index (Phi) is 4.89. The first-order chi connectivity index (χ1) is 12.3. The molecule has 1 heterocycles. The Morgan fingerprint density at radius 1 is 1.08 bits per heavy atom. The van der Waals surface area contributed by atoms with Crippen molar-refractivity contribution in [2.24, 2.45) is 4.99 Å². The molecule has 0 bridgehead atoms. The molecule has 0 unspecified atom stereocenters. The van der Waals surface area contributed by atoms with E-state index in [2.05, 4.69) is 10.3 Å². The van der Waals surface area contributed by atoms with Gasteiger partial charge in [0.2, 0.25) is 5.91 Å². The van der Waals surface area contributed by atoms with Gasteiger partial charge in [-0.05, 0) is 56.2 Å². The molecule has 5 heteroatoms. The third-order valence-corrected chi connectivity index (χ3v) is 3.95. The molecule has 2 aromatic rings. The second-order valence-corrected chi connectivity index (χ2v) is 7.27. The van der Waals surface area contributed by atoms with Crippen LogP contribution < -0.4 is 5.32 Å². The van der Waals surface area contributed by atoms with E-state index in [4.69, 9.17) is 4.74 Å². The lowest BCUT2D eigenvalue weighted by Gasteiger charge is -2.20. The minimum Gasteiger partial charge on any atom is -0.456 e. The first kappa shape index (κ1) is 17.9. The van der Waals surface area contributed by atoms with E-state index < -0.39 is 11.6 Å². The molecule has 5 nitrogen and oxygen atoms in total. The Morgan fingerprint density at radius 2 is 1.77 bits per heavy atom. The van der Waals surface area contributed by atoms with E-state index >= 15 is 0 Å². The lowest BCUT2D eigenvalue weighted by Crippen LogP contribution is -2.30. The molecule has 0 saturated heterocycles. The zero-order valence-corrected chi connectivity index (χ0v) is 15.2. The van der Waals surface area contributed by atoms with Crippen LogP contribution in [0.2, 0.25) is 0 Å². The number of esters is 1.